The van der Waals surface area contributed by atoms with E-state index in [0.29, 0.717) is 5.56 Å². The number of nitrogens with one attached hydrogen (secondary N) is 1. The molecule has 2 atom stereocenters. The van der Waals surface area contributed by atoms with Gasteiger partial charge in [-0.05, 0) is 36.2 Å². The highest BCUT2D eigenvalue weighted by molar-refractivity contribution is 5.34. The van der Waals surface area contributed by atoms with Crippen LogP contribution in [0.1, 0.15) is 17.2 Å². The molecule has 0 spiro atoms. The molecule has 2 rings (SSSR count). The summed E-state index contributed by atoms with van der Waals surface area (Å²) >= 11 is 0. The summed E-state index contributed by atoms with van der Waals surface area (Å²) < 4.78 is 5.56. The van der Waals surface area contributed by atoms with Crippen molar-refractivity contribution in [3.05, 3.63) is 69.8 Å². The lowest BCUT2D eigenvalue weighted by Crippen LogP contribution is -2.33. The summed E-state index contributed by atoms with van der Waals surface area (Å²) in [7, 11) is 0. The molecule has 134 valence electrons. The number of ether oxygens (including phenoxy) is 1. The zero-order valence-electron chi connectivity index (χ0n) is 14.0. The quantitative estimate of drug-likeness (QED) is 0.474. The molecule has 0 amide bonds. The van der Waals surface area contributed by atoms with Gasteiger partial charge < -0.3 is 20.3 Å². The Bertz CT molecular complexity index is 690. The van der Waals surface area contributed by atoms with Crippen LogP contribution in [0.25, 0.3) is 0 Å². The van der Waals surface area contributed by atoms with Crippen molar-refractivity contribution >= 4 is 5.69 Å². The number of aliphatic hydroxyl groups excluding tert-OH is 2. The maximum absolute atomic E-state index is 10.6. The van der Waals surface area contributed by atoms with Crippen molar-refractivity contribution in [1.29, 1.82) is 0 Å². The van der Waals surface area contributed by atoms with Crippen LogP contribution in [0.2, 0.25) is 0 Å². The van der Waals surface area contributed by atoms with Gasteiger partial charge >= 0.3 is 0 Å². The molecule has 0 saturated carbocycles. The Morgan fingerprint density at radius 1 is 1.12 bits per heavy atom. The fourth-order valence-corrected chi connectivity index (χ4v) is 2.29. The first-order chi connectivity index (χ1) is 12.0. The Morgan fingerprint density at radius 2 is 1.80 bits per heavy atom. The lowest BCUT2D eigenvalue weighted by atomic mass is 10.1. The van der Waals surface area contributed by atoms with Crippen LogP contribution in [0.15, 0.2) is 48.5 Å². The second-order valence-corrected chi connectivity index (χ2v) is 5.75. The highest BCUT2D eigenvalue weighted by atomic mass is 16.6. The van der Waals surface area contributed by atoms with Crippen LogP contribution in [-0.2, 0) is 0 Å². The van der Waals surface area contributed by atoms with Gasteiger partial charge in [-0.1, -0.05) is 18.2 Å². The van der Waals surface area contributed by atoms with Crippen LogP contribution in [0.5, 0.6) is 5.75 Å². The number of nitrogens with zero attached hydrogens (tertiary/aromatic N) is 1. The molecular weight excluding hydrogens is 324 g/mol. The third kappa shape index (κ3) is 5.82. The van der Waals surface area contributed by atoms with Crippen LogP contribution >= 0.6 is 0 Å². The fourth-order valence-electron chi connectivity index (χ4n) is 2.29. The predicted molar refractivity (Wildman–Crippen MR) is 93.6 cm³/mol. The minimum Gasteiger partial charge on any atom is -0.491 e. The summed E-state index contributed by atoms with van der Waals surface area (Å²) in [5.74, 6) is 0.729. The monoisotopic (exact) mass is 346 g/mol. The van der Waals surface area contributed by atoms with E-state index < -0.39 is 17.1 Å². The van der Waals surface area contributed by atoms with Crippen molar-refractivity contribution in [2.75, 3.05) is 19.7 Å². The molecule has 0 heterocycles. The van der Waals surface area contributed by atoms with E-state index >= 15 is 0 Å². The van der Waals surface area contributed by atoms with Crippen molar-refractivity contribution in [2.24, 2.45) is 0 Å². The Kier molecular flexibility index (Phi) is 6.88. The molecule has 25 heavy (non-hydrogen) atoms. The molecule has 0 fully saturated rings. The second-order valence-electron chi connectivity index (χ2n) is 5.75. The van der Waals surface area contributed by atoms with E-state index in [-0.39, 0.29) is 25.4 Å². The topological polar surface area (TPSA) is 105 Å². The van der Waals surface area contributed by atoms with E-state index in [0.717, 1.165) is 11.3 Å². The Labute approximate surface area is 146 Å². The van der Waals surface area contributed by atoms with Crippen LogP contribution in [0.4, 0.5) is 5.69 Å². The van der Waals surface area contributed by atoms with Gasteiger partial charge in [-0.25, -0.2) is 0 Å². The third-order valence-electron chi connectivity index (χ3n) is 3.73. The average molecular weight is 346 g/mol. The molecule has 3 N–H and O–H groups in total. The largest absolute Gasteiger partial charge is 0.491 e. The van der Waals surface area contributed by atoms with Gasteiger partial charge in [-0.2, -0.15) is 0 Å². The summed E-state index contributed by atoms with van der Waals surface area (Å²) in [6, 6.07) is 13.3. The Morgan fingerprint density at radius 3 is 2.44 bits per heavy atom. The van der Waals surface area contributed by atoms with Crippen molar-refractivity contribution < 1.29 is 19.9 Å². The van der Waals surface area contributed by atoms with Crippen LogP contribution in [0, 0.1) is 17.0 Å². The molecule has 0 aliphatic heterocycles. The van der Waals surface area contributed by atoms with E-state index in [1.54, 1.807) is 0 Å². The molecule has 7 heteroatoms. The second kappa shape index (κ2) is 9.12. The normalized spacial score (nSPS) is 13.2. The number of aliphatic hydroxyl groups is 2. The SMILES string of the molecule is Cc1ccccc1OC[C@H](O)CNC[C@H](O)c1ccc([N+](=O)[O-])cc1. The van der Waals surface area contributed by atoms with Gasteiger partial charge in [-0.15, -0.1) is 0 Å². The molecule has 0 radical (unpaired) electrons. The smallest absolute Gasteiger partial charge is 0.269 e. The number of hydrogen-bond donors (Lipinski definition) is 3. The number of non-ortho nitro benzene ring substituents is 1. The number of benzene rings is 2. The number of nitro groups is 1. The van der Waals surface area contributed by atoms with Gasteiger partial charge in [0.25, 0.3) is 5.69 Å². The van der Waals surface area contributed by atoms with Crippen molar-refractivity contribution in [3.63, 3.8) is 0 Å². The summed E-state index contributed by atoms with van der Waals surface area (Å²) in [5.41, 5.74) is 1.55. The molecule has 0 bridgehead atoms. The number of aryl methyl sites for hydroxylation is 1. The van der Waals surface area contributed by atoms with Crippen molar-refractivity contribution in [2.45, 2.75) is 19.1 Å². The van der Waals surface area contributed by atoms with Gasteiger partial charge in [-0.3, -0.25) is 10.1 Å². The Balaban J connectivity index is 1.72. The number of para-hydroxylation sites is 1. The number of rotatable bonds is 9. The minimum atomic E-state index is -0.815. The highest BCUT2D eigenvalue weighted by Gasteiger charge is 2.12. The molecule has 2 aromatic rings. The molecule has 2 aromatic carbocycles. The maximum Gasteiger partial charge on any atom is 0.269 e. The zero-order valence-corrected chi connectivity index (χ0v) is 14.0. The minimum absolute atomic E-state index is 0.0207. The van der Waals surface area contributed by atoms with Gasteiger partial charge in [0, 0.05) is 25.2 Å². The van der Waals surface area contributed by atoms with Crippen molar-refractivity contribution in [1.82, 2.24) is 5.32 Å². The number of nitro benzene ring substituents is 1. The van der Waals surface area contributed by atoms with Gasteiger partial charge in [0.2, 0.25) is 0 Å². The summed E-state index contributed by atoms with van der Waals surface area (Å²) in [4.78, 5) is 10.1. The zero-order chi connectivity index (χ0) is 18.2. The Hall–Kier alpha value is -2.48. The first-order valence-electron chi connectivity index (χ1n) is 7.97. The summed E-state index contributed by atoms with van der Waals surface area (Å²) in [5, 5.41) is 33.6. The first kappa shape index (κ1) is 18.9. The third-order valence-corrected chi connectivity index (χ3v) is 3.73. The van der Waals surface area contributed by atoms with E-state index in [2.05, 4.69) is 5.32 Å². The molecule has 0 aliphatic carbocycles. The highest BCUT2D eigenvalue weighted by Crippen LogP contribution is 2.18. The van der Waals surface area contributed by atoms with Crippen LogP contribution in [-0.4, -0.2) is 40.9 Å². The first-order valence-corrected chi connectivity index (χ1v) is 7.97. The van der Waals surface area contributed by atoms with Crippen molar-refractivity contribution in [3.8, 4) is 5.75 Å². The molecule has 7 nitrogen and oxygen atoms in total. The van der Waals surface area contributed by atoms with Crippen LogP contribution in [0.3, 0.4) is 0 Å². The standard InChI is InChI=1S/C18H22N2O5/c1-13-4-2-3-5-18(13)25-12-16(21)10-19-11-17(22)14-6-8-15(9-7-14)20(23)24/h2-9,16-17,19,21-22H,10-12H2,1H3/t16-,17+/m1/s1. The van der Waals surface area contributed by atoms with E-state index in [1.165, 1.54) is 24.3 Å². The molecule has 0 aliphatic rings. The number of hydrogen-bond acceptors (Lipinski definition) is 6. The lowest BCUT2D eigenvalue weighted by molar-refractivity contribution is -0.384. The average Bonchev–Trinajstić information content (AvgIpc) is 2.61. The van der Waals surface area contributed by atoms with E-state index in [1.807, 2.05) is 31.2 Å². The molecular formula is C18H22N2O5. The fraction of sp³-hybridized carbons (Fsp3) is 0.333. The summed E-state index contributed by atoms with van der Waals surface area (Å²) in [6.07, 6.45) is -1.53. The molecule has 0 unspecified atom stereocenters. The van der Waals surface area contributed by atoms with Crippen LogP contribution < -0.4 is 10.1 Å². The van der Waals surface area contributed by atoms with E-state index in [9.17, 15) is 20.3 Å². The molecule has 0 aromatic heterocycles. The molecule has 0 saturated heterocycles. The van der Waals surface area contributed by atoms with E-state index in [4.69, 9.17) is 4.74 Å². The van der Waals surface area contributed by atoms with Gasteiger partial charge in [0.15, 0.2) is 0 Å². The predicted octanol–water partition coefficient (Wildman–Crippen LogP) is 1.97. The van der Waals surface area contributed by atoms with Gasteiger partial charge in [0.1, 0.15) is 18.5 Å². The maximum atomic E-state index is 10.6. The van der Waals surface area contributed by atoms with Gasteiger partial charge in [0.05, 0.1) is 11.0 Å². The lowest BCUT2D eigenvalue weighted by Gasteiger charge is -2.16. The summed E-state index contributed by atoms with van der Waals surface area (Å²) in [6.45, 7) is 2.56.